The molecule has 168 valence electrons. The number of rotatable bonds is 8. The van der Waals surface area contributed by atoms with Crippen LogP contribution in [-0.4, -0.2) is 63.3 Å². The van der Waals surface area contributed by atoms with E-state index in [0.29, 0.717) is 0 Å². The molecule has 2 rings (SSSR count). The van der Waals surface area contributed by atoms with Gasteiger partial charge >= 0.3 is 5.97 Å². The highest BCUT2D eigenvalue weighted by molar-refractivity contribution is 6.01. The van der Waals surface area contributed by atoms with E-state index in [-0.39, 0.29) is 41.3 Å². The van der Waals surface area contributed by atoms with Gasteiger partial charge in [-0.3, -0.25) is 14.4 Å². The van der Waals surface area contributed by atoms with Gasteiger partial charge in [-0.25, -0.2) is 4.79 Å². The number of aromatic amines is 2. The molecule has 0 aliphatic carbocycles. The summed E-state index contributed by atoms with van der Waals surface area (Å²) in [5.74, 6) is -2.88. The summed E-state index contributed by atoms with van der Waals surface area (Å²) in [6, 6.07) is 2.99. The zero-order valence-corrected chi connectivity index (χ0v) is 18.3. The van der Waals surface area contributed by atoms with Crippen LogP contribution in [0.4, 0.5) is 0 Å². The van der Waals surface area contributed by atoms with Crippen LogP contribution in [0.1, 0.15) is 65.7 Å². The lowest BCUT2D eigenvalue weighted by atomic mass is 9.69. The van der Waals surface area contributed by atoms with Gasteiger partial charge in [0.2, 0.25) is 11.8 Å². The van der Waals surface area contributed by atoms with Gasteiger partial charge in [0.15, 0.2) is 0 Å². The third-order valence-corrected chi connectivity index (χ3v) is 4.96. The van der Waals surface area contributed by atoms with E-state index < -0.39 is 28.7 Å². The quantitative estimate of drug-likeness (QED) is 0.424. The van der Waals surface area contributed by atoms with E-state index in [1.165, 1.54) is 29.4 Å². The molecule has 6 N–H and O–H groups in total. The monoisotopic (exact) mass is 431 g/mol. The minimum atomic E-state index is -1.67. The van der Waals surface area contributed by atoms with Crippen molar-refractivity contribution >= 4 is 23.7 Å². The maximum atomic E-state index is 13.8. The molecular weight excluding hydrogens is 402 g/mol. The molecule has 0 aliphatic rings. The highest BCUT2D eigenvalue weighted by atomic mass is 16.4. The summed E-state index contributed by atoms with van der Waals surface area (Å²) in [6.07, 6.45) is 2.71. The molecule has 0 aliphatic heterocycles. The standard InChI is InChI=1S/C21H29N5O5/c1-20(2,3)25-19(31)21(9-6-14(27)26(4)5,12-7-10-23-15(12)17(22)28)13-8-11-24-16(13)18(29)30/h7-8,10-11,23-24H,6,9H2,1-5H3,(H2,22,28)(H,25,31)(H,29,30). The summed E-state index contributed by atoms with van der Waals surface area (Å²) in [5, 5.41) is 12.6. The van der Waals surface area contributed by atoms with Crippen molar-refractivity contribution in [1.29, 1.82) is 0 Å². The number of aromatic nitrogens is 2. The summed E-state index contributed by atoms with van der Waals surface area (Å²) in [6.45, 7) is 5.34. The van der Waals surface area contributed by atoms with Gasteiger partial charge in [0.1, 0.15) is 16.8 Å². The summed E-state index contributed by atoms with van der Waals surface area (Å²) in [5.41, 5.74) is 3.30. The van der Waals surface area contributed by atoms with Gasteiger partial charge in [-0.15, -0.1) is 0 Å². The molecule has 0 aromatic carbocycles. The Bertz CT molecular complexity index is 944. The zero-order chi connectivity index (χ0) is 23.6. The number of nitrogens with one attached hydrogen (secondary N) is 3. The molecule has 0 fully saturated rings. The van der Waals surface area contributed by atoms with Crippen LogP contribution in [-0.2, 0) is 15.0 Å². The first-order valence-electron chi connectivity index (χ1n) is 9.73. The SMILES string of the molecule is CN(C)C(=O)CCC(C(=O)NC(C)(C)C)(c1cc[nH]c1C(N)=O)c1cc[nH]c1C(=O)O. The zero-order valence-electron chi connectivity index (χ0n) is 18.3. The van der Waals surface area contributed by atoms with Gasteiger partial charge in [0.25, 0.3) is 5.91 Å². The molecule has 1 atom stereocenters. The van der Waals surface area contributed by atoms with Crippen molar-refractivity contribution < 1.29 is 24.3 Å². The predicted octanol–water partition coefficient (Wildman–Crippen LogP) is 1.21. The largest absolute Gasteiger partial charge is 0.477 e. The molecule has 0 spiro atoms. The first-order chi connectivity index (χ1) is 14.3. The van der Waals surface area contributed by atoms with Crippen LogP contribution >= 0.6 is 0 Å². The number of aromatic carboxylic acids is 1. The molecule has 10 heteroatoms. The van der Waals surface area contributed by atoms with Crippen molar-refractivity contribution in [1.82, 2.24) is 20.2 Å². The van der Waals surface area contributed by atoms with Crippen LogP contribution in [0.3, 0.4) is 0 Å². The first-order valence-corrected chi connectivity index (χ1v) is 9.73. The summed E-state index contributed by atoms with van der Waals surface area (Å²) < 4.78 is 0. The number of hydrogen-bond donors (Lipinski definition) is 5. The van der Waals surface area contributed by atoms with Crippen LogP contribution in [0.25, 0.3) is 0 Å². The fourth-order valence-corrected chi connectivity index (χ4v) is 3.57. The van der Waals surface area contributed by atoms with Gasteiger partial charge in [-0.2, -0.15) is 0 Å². The maximum absolute atomic E-state index is 13.8. The smallest absolute Gasteiger partial charge is 0.352 e. The Morgan fingerprint density at radius 3 is 2.00 bits per heavy atom. The molecule has 0 bridgehead atoms. The van der Waals surface area contributed by atoms with Crippen LogP contribution in [0.15, 0.2) is 24.5 Å². The lowest BCUT2D eigenvalue weighted by Gasteiger charge is -2.36. The van der Waals surface area contributed by atoms with Gasteiger partial charge in [-0.05, 0) is 39.3 Å². The molecule has 0 radical (unpaired) electrons. The van der Waals surface area contributed by atoms with Crippen LogP contribution in [0.2, 0.25) is 0 Å². The molecule has 2 aromatic rings. The number of nitrogens with zero attached hydrogens (tertiary/aromatic N) is 1. The minimum Gasteiger partial charge on any atom is -0.477 e. The van der Waals surface area contributed by atoms with Gasteiger partial charge in [-0.1, -0.05) is 0 Å². The molecule has 0 saturated heterocycles. The topological polar surface area (TPSA) is 161 Å². The number of hydrogen-bond acceptors (Lipinski definition) is 4. The molecule has 0 saturated carbocycles. The van der Waals surface area contributed by atoms with Crippen LogP contribution in [0, 0.1) is 0 Å². The van der Waals surface area contributed by atoms with Gasteiger partial charge < -0.3 is 31.0 Å². The third kappa shape index (κ3) is 4.79. The van der Waals surface area contributed by atoms with Crippen LogP contribution in [0.5, 0.6) is 0 Å². The van der Waals surface area contributed by atoms with E-state index in [2.05, 4.69) is 15.3 Å². The number of carbonyl (C=O) groups is 4. The number of amides is 3. The van der Waals surface area contributed by atoms with Crippen molar-refractivity contribution in [3.05, 3.63) is 47.0 Å². The van der Waals surface area contributed by atoms with E-state index in [1.54, 1.807) is 34.9 Å². The maximum Gasteiger partial charge on any atom is 0.352 e. The van der Waals surface area contributed by atoms with Crippen LogP contribution < -0.4 is 11.1 Å². The first kappa shape index (κ1) is 23.7. The molecular formula is C21H29N5O5. The summed E-state index contributed by atoms with van der Waals surface area (Å²) in [4.78, 5) is 57.1. The third-order valence-electron chi connectivity index (χ3n) is 4.96. The number of H-pyrrole nitrogens is 2. The number of carboxylic acid groups (broad SMARTS) is 1. The second-order valence-electron chi connectivity index (χ2n) is 8.60. The van der Waals surface area contributed by atoms with E-state index >= 15 is 0 Å². The predicted molar refractivity (Wildman–Crippen MR) is 114 cm³/mol. The van der Waals surface area contributed by atoms with Crippen molar-refractivity contribution in [2.45, 2.75) is 44.6 Å². The average molecular weight is 431 g/mol. The van der Waals surface area contributed by atoms with E-state index in [1.807, 2.05) is 0 Å². The lowest BCUT2D eigenvalue weighted by molar-refractivity contribution is -0.130. The van der Waals surface area contributed by atoms with Crippen molar-refractivity contribution in [2.24, 2.45) is 5.73 Å². The summed E-state index contributed by atoms with van der Waals surface area (Å²) in [7, 11) is 3.17. The number of primary amides is 1. The fraction of sp³-hybridized carbons (Fsp3) is 0.429. The molecule has 3 amide bonds. The lowest BCUT2D eigenvalue weighted by Crippen LogP contribution is -2.53. The molecule has 10 nitrogen and oxygen atoms in total. The number of carbonyl (C=O) groups excluding carboxylic acids is 3. The van der Waals surface area contributed by atoms with Gasteiger partial charge in [0, 0.05) is 49.6 Å². The molecule has 31 heavy (non-hydrogen) atoms. The Morgan fingerprint density at radius 1 is 1.03 bits per heavy atom. The van der Waals surface area contributed by atoms with Crippen molar-refractivity contribution in [3.8, 4) is 0 Å². The number of nitrogens with two attached hydrogens (primary N) is 1. The highest BCUT2D eigenvalue weighted by Gasteiger charge is 2.48. The second kappa shape index (κ2) is 8.66. The Balaban J connectivity index is 2.85. The van der Waals surface area contributed by atoms with Crippen molar-refractivity contribution in [3.63, 3.8) is 0 Å². The Morgan fingerprint density at radius 2 is 1.55 bits per heavy atom. The van der Waals surface area contributed by atoms with E-state index in [0.717, 1.165) is 0 Å². The molecule has 2 heterocycles. The molecule has 1 unspecified atom stereocenters. The normalized spacial score (nSPS) is 13.3. The van der Waals surface area contributed by atoms with Crippen molar-refractivity contribution in [2.75, 3.05) is 14.1 Å². The highest BCUT2D eigenvalue weighted by Crippen LogP contribution is 2.41. The van der Waals surface area contributed by atoms with E-state index in [9.17, 15) is 24.3 Å². The number of carboxylic acids is 1. The molecule has 2 aromatic heterocycles. The average Bonchev–Trinajstić information content (AvgIpc) is 3.30. The van der Waals surface area contributed by atoms with Gasteiger partial charge in [0.05, 0.1) is 0 Å². The Labute approximate surface area is 180 Å². The Hall–Kier alpha value is -3.56. The summed E-state index contributed by atoms with van der Waals surface area (Å²) >= 11 is 0. The Kier molecular flexibility index (Phi) is 6.63. The fourth-order valence-electron chi connectivity index (χ4n) is 3.57. The second-order valence-corrected chi connectivity index (χ2v) is 8.60. The minimum absolute atomic E-state index is 0.0288. The van der Waals surface area contributed by atoms with E-state index in [4.69, 9.17) is 5.73 Å².